The molecule has 0 aliphatic carbocycles. The monoisotopic (exact) mass is 234 g/mol. The number of ketones is 1. The van der Waals surface area contributed by atoms with Gasteiger partial charge in [0, 0.05) is 5.56 Å². The summed E-state index contributed by atoms with van der Waals surface area (Å²) in [5.74, 6) is 0.721. The third-order valence-electron chi connectivity index (χ3n) is 2.43. The Hall–Kier alpha value is -1.61. The van der Waals surface area contributed by atoms with Gasteiger partial charge >= 0.3 is 0 Å². The van der Waals surface area contributed by atoms with Gasteiger partial charge in [0.15, 0.2) is 5.78 Å². The molecular weight excluding hydrogens is 216 g/mol. The number of ether oxygens (including phenoxy) is 2. The third-order valence-corrected chi connectivity index (χ3v) is 2.43. The molecule has 0 aromatic heterocycles. The van der Waals surface area contributed by atoms with Crippen molar-refractivity contribution in [2.24, 2.45) is 0 Å². The predicted octanol–water partition coefficient (Wildman–Crippen LogP) is 2.86. The molecule has 1 unspecified atom stereocenters. The number of hydrogen-bond acceptors (Lipinski definition) is 3. The van der Waals surface area contributed by atoms with Crippen LogP contribution >= 0.6 is 0 Å². The number of benzene rings is 1. The first kappa shape index (κ1) is 13.5. The lowest BCUT2D eigenvalue weighted by Crippen LogP contribution is -2.21. The summed E-state index contributed by atoms with van der Waals surface area (Å²) in [6.45, 7) is 5.88. The highest BCUT2D eigenvalue weighted by Gasteiger charge is 2.15. The zero-order chi connectivity index (χ0) is 12.7. The molecule has 0 aliphatic rings. The fraction of sp³-hybridized carbons (Fsp3) is 0.357. The van der Waals surface area contributed by atoms with Gasteiger partial charge in [0.1, 0.15) is 11.9 Å². The molecule has 3 nitrogen and oxygen atoms in total. The van der Waals surface area contributed by atoms with Gasteiger partial charge in [0.25, 0.3) is 0 Å². The smallest absolute Gasteiger partial charge is 0.191 e. The summed E-state index contributed by atoms with van der Waals surface area (Å²) < 4.78 is 10.4. The van der Waals surface area contributed by atoms with Gasteiger partial charge in [-0.3, -0.25) is 4.79 Å². The van der Waals surface area contributed by atoms with Crippen molar-refractivity contribution in [3.8, 4) is 5.75 Å². The molecule has 1 aromatic carbocycles. The summed E-state index contributed by atoms with van der Waals surface area (Å²) >= 11 is 0. The average Bonchev–Trinajstić information content (AvgIpc) is 2.38. The van der Waals surface area contributed by atoms with Gasteiger partial charge < -0.3 is 9.47 Å². The number of Topliss-reactive ketones (excluding diaryl/α,β-unsaturated/α-hetero) is 1. The van der Waals surface area contributed by atoms with Crippen molar-refractivity contribution in [3.05, 3.63) is 42.5 Å². The van der Waals surface area contributed by atoms with Crippen LogP contribution in [0.25, 0.3) is 0 Å². The van der Waals surface area contributed by atoms with E-state index in [-0.39, 0.29) is 5.78 Å². The Morgan fingerprint density at radius 3 is 2.59 bits per heavy atom. The molecule has 0 amide bonds. The van der Waals surface area contributed by atoms with Gasteiger partial charge in [-0.05, 0) is 37.6 Å². The lowest BCUT2D eigenvalue weighted by Gasteiger charge is -2.11. The molecule has 0 bridgehead atoms. The molecule has 3 heteroatoms. The van der Waals surface area contributed by atoms with E-state index in [2.05, 4.69) is 6.58 Å². The largest absolute Gasteiger partial charge is 0.497 e. The Morgan fingerprint density at radius 1 is 1.41 bits per heavy atom. The second-order valence-electron chi connectivity index (χ2n) is 3.68. The zero-order valence-electron chi connectivity index (χ0n) is 10.3. The van der Waals surface area contributed by atoms with Crippen LogP contribution in [0.3, 0.4) is 0 Å². The number of hydrogen-bond donors (Lipinski definition) is 0. The van der Waals surface area contributed by atoms with Crippen molar-refractivity contribution in [1.29, 1.82) is 0 Å². The van der Waals surface area contributed by atoms with Crippen LogP contribution in [0.5, 0.6) is 5.75 Å². The van der Waals surface area contributed by atoms with E-state index in [0.29, 0.717) is 12.2 Å². The van der Waals surface area contributed by atoms with Crippen LogP contribution in [0, 0.1) is 0 Å². The molecule has 0 fully saturated rings. The van der Waals surface area contributed by atoms with E-state index >= 15 is 0 Å². The van der Waals surface area contributed by atoms with Crippen LogP contribution in [0.4, 0.5) is 0 Å². The third kappa shape index (κ3) is 4.04. The summed E-state index contributed by atoms with van der Waals surface area (Å²) in [4.78, 5) is 11.9. The van der Waals surface area contributed by atoms with Crippen molar-refractivity contribution in [2.45, 2.75) is 19.4 Å². The predicted molar refractivity (Wildman–Crippen MR) is 67.6 cm³/mol. The first-order chi connectivity index (χ1) is 8.19. The molecule has 17 heavy (non-hydrogen) atoms. The quantitative estimate of drug-likeness (QED) is 0.413. The van der Waals surface area contributed by atoms with E-state index < -0.39 is 6.10 Å². The Labute approximate surface area is 102 Å². The highest BCUT2D eigenvalue weighted by molar-refractivity contribution is 5.99. The number of rotatable bonds is 7. The van der Waals surface area contributed by atoms with Crippen LogP contribution in [-0.4, -0.2) is 25.6 Å². The summed E-state index contributed by atoms with van der Waals surface area (Å²) in [7, 11) is 1.60. The Bertz CT molecular complexity index is 368. The average molecular weight is 234 g/mol. The molecule has 1 aromatic rings. The minimum absolute atomic E-state index is 0.0169. The fourth-order valence-electron chi connectivity index (χ4n) is 1.39. The van der Waals surface area contributed by atoms with Gasteiger partial charge in [-0.25, -0.2) is 0 Å². The van der Waals surface area contributed by atoms with Gasteiger partial charge in [-0.1, -0.05) is 6.08 Å². The van der Waals surface area contributed by atoms with E-state index in [1.165, 1.54) is 0 Å². The number of carbonyl (C=O) groups is 1. The van der Waals surface area contributed by atoms with Gasteiger partial charge in [0.05, 0.1) is 13.7 Å². The van der Waals surface area contributed by atoms with E-state index in [9.17, 15) is 4.79 Å². The van der Waals surface area contributed by atoms with Crippen molar-refractivity contribution in [3.63, 3.8) is 0 Å². The second-order valence-corrected chi connectivity index (χ2v) is 3.68. The molecule has 92 valence electrons. The molecule has 0 heterocycles. The van der Waals surface area contributed by atoms with Crippen LogP contribution in [0.15, 0.2) is 36.9 Å². The minimum atomic E-state index is -0.427. The Kier molecular flexibility index (Phi) is 5.43. The molecule has 0 saturated heterocycles. The van der Waals surface area contributed by atoms with E-state index in [0.717, 1.165) is 12.2 Å². The molecule has 1 rings (SSSR count). The molecule has 0 spiro atoms. The van der Waals surface area contributed by atoms with E-state index in [1.54, 1.807) is 44.4 Å². The number of carbonyl (C=O) groups excluding carboxylic acids is 1. The van der Waals surface area contributed by atoms with Crippen LogP contribution in [-0.2, 0) is 4.74 Å². The highest BCUT2D eigenvalue weighted by Crippen LogP contribution is 2.13. The lowest BCUT2D eigenvalue weighted by molar-refractivity contribution is 0.0492. The first-order valence-corrected chi connectivity index (χ1v) is 5.59. The topological polar surface area (TPSA) is 35.5 Å². The molecule has 0 N–H and O–H groups in total. The lowest BCUT2D eigenvalue weighted by atomic mass is 10.1. The Balaban J connectivity index is 2.58. The van der Waals surface area contributed by atoms with Gasteiger partial charge in [0.2, 0.25) is 0 Å². The van der Waals surface area contributed by atoms with Crippen molar-refractivity contribution in [1.82, 2.24) is 0 Å². The van der Waals surface area contributed by atoms with Crippen LogP contribution in [0.1, 0.15) is 23.7 Å². The van der Waals surface area contributed by atoms with Crippen LogP contribution in [0.2, 0.25) is 0 Å². The maximum atomic E-state index is 11.9. The minimum Gasteiger partial charge on any atom is -0.497 e. The molecule has 0 aliphatic heterocycles. The summed E-state index contributed by atoms with van der Waals surface area (Å²) in [6, 6.07) is 7.02. The maximum absolute atomic E-state index is 11.9. The summed E-state index contributed by atoms with van der Waals surface area (Å²) in [6.07, 6.45) is 2.09. The van der Waals surface area contributed by atoms with Crippen molar-refractivity contribution in [2.75, 3.05) is 13.7 Å². The van der Waals surface area contributed by atoms with E-state index in [4.69, 9.17) is 9.47 Å². The standard InChI is InChI=1S/C14H18O3/c1-4-5-10-17-11(2)14(15)12-6-8-13(16-3)9-7-12/h4,6-9,11H,1,5,10H2,2-3H3. The summed E-state index contributed by atoms with van der Waals surface area (Å²) in [5, 5.41) is 0. The van der Waals surface area contributed by atoms with E-state index in [1.807, 2.05) is 0 Å². The number of methoxy groups -OCH3 is 1. The van der Waals surface area contributed by atoms with Gasteiger partial charge in [-0.15, -0.1) is 6.58 Å². The highest BCUT2D eigenvalue weighted by atomic mass is 16.5. The fourth-order valence-corrected chi connectivity index (χ4v) is 1.39. The normalized spacial score (nSPS) is 11.9. The SMILES string of the molecule is C=CCCOC(C)C(=O)c1ccc(OC)cc1. The van der Waals surface area contributed by atoms with Crippen LogP contribution < -0.4 is 4.74 Å². The van der Waals surface area contributed by atoms with Crippen molar-refractivity contribution >= 4 is 5.78 Å². The molecular formula is C14H18O3. The molecule has 0 radical (unpaired) electrons. The summed E-state index contributed by atoms with van der Waals surface area (Å²) in [5.41, 5.74) is 0.636. The maximum Gasteiger partial charge on any atom is 0.191 e. The molecule has 1 atom stereocenters. The second kappa shape index (κ2) is 6.86. The van der Waals surface area contributed by atoms with Crippen molar-refractivity contribution < 1.29 is 14.3 Å². The molecule has 0 saturated carbocycles. The Morgan fingerprint density at radius 2 is 2.06 bits per heavy atom. The zero-order valence-corrected chi connectivity index (χ0v) is 10.3. The van der Waals surface area contributed by atoms with Gasteiger partial charge in [-0.2, -0.15) is 0 Å². The first-order valence-electron chi connectivity index (χ1n) is 5.59.